The van der Waals surface area contributed by atoms with Crippen molar-refractivity contribution in [3.05, 3.63) is 102 Å². The number of benzene rings is 3. The Labute approximate surface area is 156 Å². The molecule has 128 valence electrons. The van der Waals surface area contributed by atoms with Gasteiger partial charge in [-0.3, -0.25) is 0 Å². The molecule has 0 amide bonds. The molecule has 1 N–H and O–H groups in total. The molecular formula is C23H16N3O+. The van der Waals surface area contributed by atoms with Crippen LogP contribution in [-0.2, 0) is 0 Å². The summed E-state index contributed by atoms with van der Waals surface area (Å²) in [4.78, 5) is 7.86. The maximum atomic E-state index is 10.4. The van der Waals surface area contributed by atoms with Gasteiger partial charge in [0.1, 0.15) is 0 Å². The lowest BCUT2D eigenvalue weighted by atomic mass is 9.97. The quantitative estimate of drug-likeness (QED) is 0.349. The van der Waals surface area contributed by atoms with Gasteiger partial charge in [0.25, 0.3) is 0 Å². The molecule has 0 aliphatic carbocycles. The van der Waals surface area contributed by atoms with E-state index in [1.807, 2.05) is 84.9 Å². The topological polar surface area (TPSA) is 61.3 Å². The second kappa shape index (κ2) is 7.11. The highest BCUT2D eigenvalue weighted by molar-refractivity contribution is 6.00. The number of diazo groups is 1. The second-order valence-corrected chi connectivity index (χ2v) is 6.12. The SMILES string of the molecule is N#[N+]C=C(O)c1cc(-c2ccccc2)nc2c(-c3ccccc3)cccc12. The van der Waals surface area contributed by atoms with Gasteiger partial charge in [0.15, 0.2) is 4.98 Å². The largest absolute Gasteiger partial charge is 0.501 e. The van der Waals surface area contributed by atoms with E-state index < -0.39 is 0 Å². The minimum Gasteiger partial charge on any atom is -0.501 e. The van der Waals surface area contributed by atoms with Crippen molar-refractivity contribution in [3.8, 4) is 22.4 Å². The fourth-order valence-corrected chi connectivity index (χ4v) is 3.19. The maximum Gasteiger partial charge on any atom is 0.392 e. The molecule has 0 radical (unpaired) electrons. The molecule has 1 aromatic heterocycles. The van der Waals surface area contributed by atoms with Crippen molar-refractivity contribution >= 4 is 16.7 Å². The number of rotatable bonds is 3. The third kappa shape index (κ3) is 3.14. The standard InChI is InChI=1S/C23H15N3O/c24-25-15-22(27)20-14-21(17-10-5-2-6-11-17)26-23-18(12-7-13-19(20)23)16-8-3-1-4-9-16/h1-15H/p+1. The maximum absolute atomic E-state index is 10.4. The lowest BCUT2D eigenvalue weighted by molar-refractivity contribution is 0.512. The summed E-state index contributed by atoms with van der Waals surface area (Å²) >= 11 is 0. The summed E-state index contributed by atoms with van der Waals surface area (Å²) in [5, 5.41) is 20.1. The Morgan fingerprint density at radius 2 is 1.52 bits per heavy atom. The third-order valence-corrected chi connectivity index (χ3v) is 4.45. The molecule has 0 bridgehead atoms. The van der Waals surface area contributed by atoms with Gasteiger partial charge in [-0.1, -0.05) is 78.9 Å². The van der Waals surface area contributed by atoms with E-state index in [4.69, 9.17) is 10.4 Å². The van der Waals surface area contributed by atoms with Crippen molar-refractivity contribution in [2.45, 2.75) is 0 Å². The van der Waals surface area contributed by atoms with E-state index in [0.717, 1.165) is 39.5 Å². The third-order valence-electron chi connectivity index (χ3n) is 4.45. The predicted octanol–water partition coefficient (Wildman–Crippen LogP) is 6.28. The van der Waals surface area contributed by atoms with Gasteiger partial charge in [-0.2, -0.15) is 0 Å². The van der Waals surface area contributed by atoms with Gasteiger partial charge < -0.3 is 5.11 Å². The van der Waals surface area contributed by atoms with E-state index in [9.17, 15) is 5.11 Å². The number of para-hydroxylation sites is 1. The van der Waals surface area contributed by atoms with Gasteiger partial charge in [-0.25, -0.2) is 4.98 Å². The first-order valence-corrected chi connectivity index (χ1v) is 8.56. The van der Waals surface area contributed by atoms with Crippen molar-refractivity contribution < 1.29 is 5.11 Å². The average Bonchev–Trinajstić information content (AvgIpc) is 2.74. The lowest BCUT2D eigenvalue weighted by Gasteiger charge is -2.12. The number of aliphatic hydroxyl groups is 1. The van der Waals surface area contributed by atoms with Gasteiger partial charge >= 0.3 is 6.20 Å². The molecular weight excluding hydrogens is 334 g/mol. The summed E-state index contributed by atoms with van der Waals surface area (Å²) < 4.78 is 0. The summed E-state index contributed by atoms with van der Waals surface area (Å²) in [5.41, 5.74) is 5.03. The van der Waals surface area contributed by atoms with E-state index >= 15 is 0 Å². The van der Waals surface area contributed by atoms with Crippen molar-refractivity contribution in [3.63, 3.8) is 0 Å². The van der Waals surface area contributed by atoms with E-state index in [-0.39, 0.29) is 5.76 Å². The average molecular weight is 350 g/mol. The van der Waals surface area contributed by atoms with Crippen molar-refractivity contribution in [1.82, 2.24) is 4.98 Å². The Bertz CT molecular complexity index is 1180. The molecule has 0 atom stereocenters. The molecule has 4 nitrogen and oxygen atoms in total. The van der Waals surface area contributed by atoms with Crippen LogP contribution in [0.15, 0.2) is 91.1 Å². The van der Waals surface area contributed by atoms with Gasteiger partial charge in [0.2, 0.25) is 11.2 Å². The second-order valence-electron chi connectivity index (χ2n) is 6.12. The molecule has 4 rings (SSSR count). The zero-order valence-corrected chi connectivity index (χ0v) is 14.4. The number of nitrogens with zero attached hydrogens (tertiary/aromatic N) is 3. The van der Waals surface area contributed by atoms with Crippen LogP contribution in [0.5, 0.6) is 0 Å². The van der Waals surface area contributed by atoms with Crippen LogP contribution in [0, 0.1) is 5.39 Å². The summed E-state index contributed by atoms with van der Waals surface area (Å²) in [5.74, 6) is -0.118. The molecule has 0 saturated carbocycles. The van der Waals surface area contributed by atoms with Gasteiger partial charge in [-0.05, 0) is 11.6 Å². The highest BCUT2D eigenvalue weighted by atomic mass is 16.3. The Morgan fingerprint density at radius 3 is 2.19 bits per heavy atom. The summed E-state index contributed by atoms with van der Waals surface area (Å²) in [7, 11) is 0. The molecule has 0 unspecified atom stereocenters. The number of hydrogen-bond acceptors (Lipinski definition) is 3. The molecule has 0 aliphatic rings. The van der Waals surface area contributed by atoms with Crippen molar-refractivity contribution in [1.29, 1.82) is 5.39 Å². The zero-order valence-electron chi connectivity index (χ0n) is 14.4. The fraction of sp³-hybridized carbons (Fsp3) is 0. The van der Waals surface area contributed by atoms with Gasteiger partial charge in [0.05, 0.1) is 11.2 Å². The van der Waals surface area contributed by atoms with E-state index in [1.165, 1.54) is 0 Å². The Hall–Kier alpha value is -3.97. The zero-order chi connectivity index (χ0) is 18.6. The van der Waals surface area contributed by atoms with Crippen LogP contribution in [0.3, 0.4) is 0 Å². The van der Waals surface area contributed by atoms with Crippen molar-refractivity contribution in [2.24, 2.45) is 0 Å². The van der Waals surface area contributed by atoms with Crippen LogP contribution in [0.4, 0.5) is 0 Å². The van der Waals surface area contributed by atoms with Crippen LogP contribution >= 0.6 is 0 Å². The van der Waals surface area contributed by atoms with Crippen LogP contribution in [0.2, 0.25) is 0 Å². The first-order valence-electron chi connectivity index (χ1n) is 8.56. The van der Waals surface area contributed by atoms with Crippen LogP contribution < -0.4 is 0 Å². The number of aromatic nitrogens is 1. The normalized spacial score (nSPS) is 11.3. The molecule has 1 heterocycles. The number of fused-ring (bicyclic) bond motifs is 1. The van der Waals surface area contributed by atoms with Crippen molar-refractivity contribution in [2.75, 3.05) is 0 Å². The number of pyridine rings is 1. The number of aliphatic hydroxyl groups excluding tert-OH is 1. The first-order chi connectivity index (χ1) is 13.3. The van der Waals surface area contributed by atoms with Gasteiger partial charge in [0, 0.05) is 22.1 Å². The van der Waals surface area contributed by atoms with E-state index in [0.29, 0.717) is 5.56 Å². The lowest BCUT2D eigenvalue weighted by Crippen LogP contribution is -1.94. The minimum absolute atomic E-state index is 0.118. The van der Waals surface area contributed by atoms with Crippen LogP contribution in [0.1, 0.15) is 5.56 Å². The summed E-state index contributed by atoms with van der Waals surface area (Å²) in [6.07, 6.45) is 1.03. The highest BCUT2D eigenvalue weighted by Crippen LogP contribution is 2.34. The van der Waals surface area contributed by atoms with E-state index in [1.54, 1.807) is 0 Å². The molecule has 27 heavy (non-hydrogen) atoms. The minimum atomic E-state index is -0.118. The van der Waals surface area contributed by atoms with Crippen LogP contribution in [-0.4, -0.2) is 10.1 Å². The highest BCUT2D eigenvalue weighted by Gasteiger charge is 2.16. The van der Waals surface area contributed by atoms with Crippen LogP contribution in [0.25, 0.3) is 44.0 Å². The summed E-state index contributed by atoms with van der Waals surface area (Å²) in [6.45, 7) is 0. The van der Waals surface area contributed by atoms with E-state index in [2.05, 4.69) is 4.98 Å². The smallest absolute Gasteiger partial charge is 0.392 e. The van der Waals surface area contributed by atoms with Gasteiger partial charge in [-0.15, -0.1) is 0 Å². The number of hydrogen-bond donors (Lipinski definition) is 1. The first kappa shape index (κ1) is 16.5. The molecule has 0 saturated heterocycles. The molecule has 4 heteroatoms. The predicted molar refractivity (Wildman–Crippen MR) is 108 cm³/mol. The molecule has 4 aromatic rings. The monoisotopic (exact) mass is 350 g/mol. The molecule has 3 aromatic carbocycles. The fourth-order valence-electron chi connectivity index (χ4n) is 3.19. The Morgan fingerprint density at radius 1 is 0.852 bits per heavy atom. The molecule has 0 aliphatic heterocycles. The Kier molecular flexibility index (Phi) is 4.34. The summed E-state index contributed by atoms with van der Waals surface area (Å²) in [6, 6.07) is 27.4. The molecule has 0 spiro atoms. The molecule has 0 fully saturated rings. The Balaban J connectivity index is 2.07.